The van der Waals surface area contributed by atoms with Crippen LogP contribution in [-0.2, 0) is 14.8 Å². The number of hydrogen-bond acceptors (Lipinski definition) is 4. The second kappa shape index (κ2) is 8.63. The third-order valence-electron chi connectivity index (χ3n) is 3.59. The van der Waals surface area contributed by atoms with Crippen LogP contribution in [0.2, 0.25) is 0 Å². The summed E-state index contributed by atoms with van der Waals surface area (Å²) in [4.78, 5) is 23.1. The number of hydrogen-bond donors (Lipinski definition) is 2. The smallest absolute Gasteiger partial charge is 0.254 e. The van der Waals surface area contributed by atoms with E-state index in [1.165, 1.54) is 31.2 Å². The molecule has 2 aromatic rings. The van der Waals surface area contributed by atoms with Gasteiger partial charge in [0.1, 0.15) is 5.82 Å². The maximum atomic E-state index is 13.6. The van der Waals surface area contributed by atoms with Crippen LogP contribution in [0.15, 0.2) is 48.5 Å². The highest BCUT2D eigenvalue weighted by Gasteiger charge is 2.18. The minimum atomic E-state index is -3.60. The van der Waals surface area contributed by atoms with Crippen LogP contribution in [-0.4, -0.2) is 39.6 Å². The molecule has 0 atom stereocenters. The molecule has 0 aromatic heterocycles. The predicted octanol–water partition coefficient (Wildman–Crippen LogP) is 1.98. The first kappa shape index (κ1) is 20.4. The van der Waals surface area contributed by atoms with Crippen LogP contribution in [0.4, 0.5) is 15.8 Å². The van der Waals surface area contributed by atoms with Crippen molar-refractivity contribution < 1.29 is 22.4 Å². The van der Waals surface area contributed by atoms with E-state index in [1.807, 2.05) is 0 Å². The Morgan fingerprint density at radius 1 is 1.07 bits per heavy atom. The van der Waals surface area contributed by atoms with Crippen molar-refractivity contribution in [2.24, 2.45) is 0 Å². The summed E-state index contributed by atoms with van der Waals surface area (Å²) in [6.07, 6.45) is 1.05. The van der Waals surface area contributed by atoms with Crippen LogP contribution in [0.3, 0.4) is 0 Å². The molecule has 0 spiro atoms. The largest absolute Gasteiger partial charge is 0.350 e. The summed E-state index contributed by atoms with van der Waals surface area (Å²) in [5.41, 5.74) is 0.808. The van der Waals surface area contributed by atoms with Crippen molar-refractivity contribution in [2.45, 2.75) is 6.92 Å². The molecular weight excluding hydrogens is 373 g/mol. The van der Waals surface area contributed by atoms with E-state index in [9.17, 15) is 22.4 Å². The van der Waals surface area contributed by atoms with Gasteiger partial charge in [0, 0.05) is 19.2 Å². The molecule has 9 heteroatoms. The molecule has 0 aliphatic heterocycles. The second-order valence-corrected chi connectivity index (χ2v) is 7.71. The SMILES string of the molecule is CC(=O)Nc1ccc(N(CCNC(=O)c2ccccc2F)S(C)(=O)=O)cc1. The van der Waals surface area contributed by atoms with E-state index in [-0.39, 0.29) is 24.6 Å². The summed E-state index contributed by atoms with van der Waals surface area (Å²) in [7, 11) is -3.60. The molecule has 2 amide bonds. The average Bonchev–Trinajstić information content (AvgIpc) is 2.58. The quantitative estimate of drug-likeness (QED) is 0.752. The highest BCUT2D eigenvalue weighted by atomic mass is 32.2. The van der Waals surface area contributed by atoms with Crippen LogP contribution in [0.1, 0.15) is 17.3 Å². The van der Waals surface area contributed by atoms with Crippen molar-refractivity contribution in [1.82, 2.24) is 5.32 Å². The number of nitrogens with zero attached hydrogens (tertiary/aromatic N) is 1. The number of amides is 2. The zero-order chi connectivity index (χ0) is 20.0. The fourth-order valence-corrected chi connectivity index (χ4v) is 3.34. The second-order valence-electron chi connectivity index (χ2n) is 5.80. The summed E-state index contributed by atoms with van der Waals surface area (Å²) in [5, 5.41) is 5.10. The van der Waals surface area contributed by atoms with E-state index >= 15 is 0 Å². The predicted molar refractivity (Wildman–Crippen MR) is 102 cm³/mol. The third kappa shape index (κ3) is 5.78. The highest BCUT2D eigenvalue weighted by Crippen LogP contribution is 2.20. The van der Waals surface area contributed by atoms with Crippen LogP contribution in [0.25, 0.3) is 0 Å². The molecule has 27 heavy (non-hydrogen) atoms. The Bertz CT molecular complexity index is 930. The van der Waals surface area contributed by atoms with Crippen LogP contribution < -0.4 is 14.9 Å². The Hall–Kier alpha value is -2.94. The van der Waals surface area contributed by atoms with E-state index in [1.54, 1.807) is 24.3 Å². The number of rotatable bonds is 7. The molecule has 2 rings (SSSR count). The molecule has 0 heterocycles. The molecule has 2 aromatic carbocycles. The summed E-state index contributed by atoms with van der Waals surface area (Å²) in [6.45, 7) is 1.33. The van der Waals surface area contributed by atoms with Gasteiger partial charge >= 0.3 is 0 Å². The Balaban J connectivity index is 2.06. The van der Waals surface area contributed by atoms with Gasteiger partial charge in [-0.25, -0.2) is 12.8 Å². The normalized spacial score (nSPS) is 10.9. The van der Waals surface area contributed by atoms with Crippen LogP contribution in [0, 0.1) is 5.82 Å². The zero-order valence-electron chi connectivity index (χ0n) is 14.9. The molecule has 0 saturated carbocycles. The number of halogens is 1. The average molecular weight is 393 g/mol. The van der Waals surface area contributed by atoms with Crippen molar-refractivity contribution >= 4 is 33.2 Å². The van der Waals surface area contributed by atoms with Crippen molar-refractivity contribution in [3.05, 3.63) is 59.9 Å². The minimum absolute atomic E-state index is 0.00626. The Morgan fingerprint density at radius 2 is 1.70 bits per heavy atom. The fourth-order valence-electron chi connectivity index (χ4n) is 2.41. The van der Waals surface area contributed by atoms with Crippen molar-refractivity contribution in [3.8, 4) is 0 Å². The molecule has 0 radical (unpaired) electrons. The molecule has 0 fully saturated rings. The molecule has 2 N–H and O–H groups in total. The lowest BCUT2D eigenvalue weighted by Gasteiger charge is -2.23. The van der Waals surface area contributed by atoms with Gasteiger partial charge in [-0.1, -0.05) is 12.1 Å². The Kier molecular flexibility index (Phi) is 6.51. The first-order chi connectivity index (χ1) is 12.7. The number of benzene rings is 2. The standard InChI is InChI=1S/C18H20FN3O4S/c1-13(23)21-14-7-9-15(10-8-14)22(27(2,25)26)12-11-20-18(24)16-5-3-4-6-17(16)19/h3-10H,11-12H2,1-2H3,(H,20,24)(H,21,23). The van der Waals surface area contributed by atoms with Gasteiger partial charge in [0.25, 0.3) is 5.91 Å². The van der Waals surface area contributed by atoms with Crippen molar-refractivity contribution in [2.75, 3.05) is 29.0 Å². The van der Waals surface area contributed by atoms with Gasteiger partial charge in [-0.3, -0.25) is 13.9 Å². The Morgan fingerprint density at radius 3 is 2.26 bits per heavy atom. The molecular formula is C18H20FN3O4S. The van der Waals surface area contributed by atoms with Gasteiger partial charge < -0.3 is 10.6 Å². The number of carbonyl (C=O) groups excluding carboxylic acids is 2. The lowest BCUT2D eigenvalue weighted by Crippen LogP contribution is -2.38. The van der Waals surface area contributed by atoms with E-state index < -0.39 is 21.7 Å². The number of nitrogens with one attached hydrogen (secondary N) is 2. The zero-order valence-corrected chi connectivity index (χ0v) is 15.7. The molecule has 7 nitrogen and oxygen atoms in total. The van der Waals surface area contributed by atoms with Gasteiger partial charge in [-0.15, -0.1) is 0 Å². The fraction of sp³-hybridized carbons (Fsp3) is 0.222. The molecule has 0 unspecified atom stereocenters. The van der Waals surface area contributed by atoms with Crippen molar-refractivity contribution in [1.29, 1.82) is 0 Å². The molecule has 0 aliphatic rings. The third-order valence-corrected chi connectivity index (χ3v) is 4.79. The van der Waals surface area contributed by atoms with Crippen LogP contribution in [0.5, 0.6) is 0 Å². The summed E-state index contributed by atoms with van der Waals surface area (Å²) < 4.78 is 38.9. The maximum absolute atomic E-state index is 13.6. The van der Waals surface area contributed by atoms with E-state index in [0.717, 1.165) is 10.6 Å². The highest BCUT2D eigenvalue weighted by molar-refractivity contribution is 7.92. The van der Waals surface area contributed by atoms with Crippen LogP contribution >= 0.6 is 0 Å². The molecule has 0 bridgehead atoms. The van der Waals surface area contributed by atoms with Gasteiger partial charge in [0.2, 0.25) is 15.9 Å². The lowest BCUT2D eigenvalue weighted by atomic mass is 10.2. The summed E-state index contributed by atoms with van der Waals surface area (Å²) in [6, 6.07) is 11.8. The number of anilines is 2. The van der Waals surface area contributed by atoms with E-state index in [4.69, 9.17) is 0 Å². The lowest BCUT2D eigenvalue weighted by molar-refractivity contribution is -0.114. The van der Waals surface area contributed by atoms with E-state index in [0.29, 0.717) is 11.4 Å². The molecule has 0 saturated heterocycles. The maximum Gasteiger partial charge on any atom is 0.254 e. The van der Waals surface area contributed by atoms with E-state index in [2.05, 4.69) is 10.6 Å². The van der Waals surface area contributed by atoms with Gasteiger partial charge in [0.15, 0.2) is 0 Å². The number of carbonyl (C=O) groups is 2. The molecule has 0 aliphatic carbocycles. The summed E-state index contributed by atoms with van der Waals surface area (Å²) in [5.74, 6) is -1.51. The van der Waals surface area contributed by atoms with Gasteiger partial charge in [0.05, 0.1) is 24.1 Å². The summed E-state index contributed by atoms with van der Waals surface area (Å²) >= 11 is 0. The topological polar surface area (TPSA) is 95.6 Å². The first-order valence-corrected chi connectivity index (χ1v) is 9.91. The van der Waals surface area contributed by atoms with Gasteiger partial charge in [-0.05, 0) is 36.4 Å². The molecule has 144 valence electrons. The van der Waals surface area contributed by atoms with Crippen molar-refractivity contribution in [3.63, 3.8) is 0 Å². The first-order valence-electron chi connectivity index (χ1n) is 8.06. The number of sulfonamides is 1. The monoisotopic (exact) mass is 393 g/mol. The van der Waals surface area contributed by atoms with Gasteiger partial charge in [-0.2, -0.15) is 0 Å². The minimum Gasteiger partial charge on any atom is -0.350 e. The Labute approximate surface area is 157 Å².